The average Bonchev–Trinajstić information content (AvgIpc) is 3.07. The monoisotopic (exact) mass is 467 g/mol. The van der Waals surface area contributed by atoms with E-state index in [0.29, 0.717) is 37.5 Å². The highest BCUT2D eigenvalue weighted by molar-refractivity contribution is 7.89. The third-order valence-corrected chi connectivity index (χ3v) is 9.42. The van der Waals surface area contributed by atoms with E-state index < -0.39 is 10.0 Å². The number of aryl methyl sites for hydroxylation is 2. The maximum atomic E-state index is 13.4. The maximum Gasteiger partial charge on any atom is 0.243 e. The van der Waals surface area contributed by atoms with E-state index in [1.165, 1.54) is 16.8 Å². The van der Waals surface area contributed by atoms with Crippen LogP contribution < -0.4 is 9.80 Å². The normalized spacial score (nSPS) is 21.7. The lowest BCUT2D eigenvalue weighted by atomic mass is 9.84. The molecule has 0 N–H and O–H groups in total. The molecule has 7 heteroatoms. The van der Waals surface area contributed by atoms with E-state index in [4.69, 9.17) is 0 Å². The number of piperazine rings is 1. The Morgan fingerprint density at radius 2 is 1.64 bits per heavy atom. The molecule has 1 saturated carbocycles. The van der Waals surface area contributed by atoms with Crippen molar-refractivity contribution < 1.29 is 13.2 Å². The van der Waals surface area contributed by atoms with Gasteiger partial charge in [0.05, 0.1) is 4.90 Å². The zero-order chi connectivity index (χ0) is 23.3. The standard InChI is InChI=1S/C26H33N3O3S/c1-18-7-9-24(19(2)15-18)27-11-13-28(14-12-27)33(31,32)23-8-10-25-22(17-23)16-20(3)29(25)26(30)21-5-4-6-21/h7-10,15,17,20-21H,4-6,11-14,16H2,1-3H3. The topological polar surface area (TPSA) is 60.9 Å². The number of carbonyl (C=O) groups is 1. The quantitative estimate of drug-likeness (QED) is 0.685. The first-order chi connectivity index (χ1) is 15.8. The van der Waals surface area contributed by atoms with Crippen molar-refractivity contribution in [2.45, 2.75) is 57.4 Å². The first kappa shape index (κ1) is 22.4. The number of fused-ring (bicyclic) bond motifs is 1. The van der Waals surface area contributed by atoms with Crippen LogP contribution in [-0.2, 0) is 21.2 Å². The van der Waals surface area contributed by atoms with Crippen molar-refractivity contribution in [2.75, 3.05) is 36.0 Å². The number of carbonyl (C=O) groups excluding carboxylic acids is 1. The van der Waals surface area contributed by atoms with E-state index >= 15 is 0 Å². The molecule has 0 aromatic heterocycles. The highest BCUT2D eigenvalue weighted by Gasteiger charge is 2.38. The van der Waals surface area contributed by atoms with Crippen LogP contribution in [0.3, 0.4) is 0 Å². The zero-order valence-electron chi connectivity index (χ0n) is 19.8. The lowest BCUT2D eigenvalue weighted by molar-refractivity contribution is -0.125. The molecule has 2 aliphatic heterocycles. The summed E-state index contributed by atoms with van der Waals surface area (Å²) in [5.41, 5.74) is 5.49. The summed E-state index contributed by atoms with van der Waals surface area (Å²) < 4.78 is 28.5. The van der Waals surface area contributed by atoms with Crippen LogP contribution in [0, 0.1) is 19.8 Å². The molecule has 0 spiro atoms. The van der Waals surface area contributed by atoms with Gasteiger partial charge in [0, 0.05) is 49.5 Å². The molecular formula is C26H33N3O3S. The second-order valence-corrected chi connectivity index (χ2v) is 11.8. The predicted molar refractivity (Wildman–Crippen MR) is 131 cm³/mol. The Morgan fingerprint density at radius 1 is 0.939 bits per heavy atom. The van der Waals surface area contributed by atoms with Crippen LogP contribution in [0.1, 0.15) is 42.9 Å². The Kier molecular flexibility index (Phi) is 5.73. The molecule has 0 bridgehead atoms. The number of nitrogens with zero attached hydrogens (tertiary/aromatic N) is 3. The summed E-state index contributed by atoms with van der Waals surface area (Å²) in [5, 5.41) is 0. The summed E-state index contributed by atoms with van der Waals surface area (Å²) in [6, 6.07) is 11.8. The summed E-state index contributed by atoms with van der Waals surface area (Å²) in [6.45, 7) is 8.53. The van der Waals surface area contributed by atoms with E-state index in [0.717, 1.165) is 30.5 Å². The molecule has 1 atom stereocenters. The molecule has 2 aromatic rings. The van der Waals surface area contributed by atoms with Crippen molar-refractivity contribution in [3.05, 3.63) is 53.1 Å². The minimum atomic E-state index is -3.57. The predicted octanol–water partition coefficient (Wildman–Crippen LogP) is 3.89. The van der Waals surface area contributed by atoms with Gasteiger partial charge in [0.1, 0.15) is 0 Å². The van der Waals surface area contributed by atoms with Gasteiger partial charge in [-0.1, -0.05) is 24.1 Å². The van der Waals surface area contributed by atoms with E-state index in [1.54, 1.807) is 16.4 Å². The van der Waals surface area contributed by atoms with Gasteiger partial charge in [-0.25, -0.2) is 8.42 Å². The van der Waals surface area contributed by atoms with Crippen LogP contribution in [0.15, 0.2) is 41.3 Å². The van der Waals surface area contributed by atoms with Crippen LogP contribution in [0.2, 0.25) is 0 Å². The Labute approximate surface area is 197 Å². The number of rotatable bonds is 4. The third kappa shape index (κ3) is 3.95. The number of anilines is 2. The van der Waals surface area contributed by atoms with Crippen LogP contribution in [0.5, 0.6) is 0 Å². The van der Waals surface area contributed by atoms with Gasteiger partial charge in [0.2, 0.25) is 15.9 Å². The molecule has 0 radical (unpaired) electrons. The van der Waals surface area contributed by atoms with Crippen LogP contribution in [0.4, 0.5) is 11.4 Å². The molecular weight excluding hydrogens is 434 g/mol. The van der Waals surface area contributed by atoms with Gasteiger partial charge in [-0.2, -0.15) is 4.31 Å². The van der Waals surface area contributed by atoms with Crippen molar-refractivity contribution in [2.24, 2.45) is 5.92 Å². The van der Waals surface area contributed by atoms with Gasteiger partial charge in [-0.3, -0.25) is 4.79 Å². The number of hydrogen-bond donors (Lipinski definition) is 0. The summed E-state index contributed by atoms with van der Waals surface area (Å²) in [4.78, 5) is 17.4. The molecule has 1 aliphatic carbocycles. The summed E-state index contributed by atoms with van der Waals surface area (Å²) in [5.74, 6) is 0.334. The molecule has 2 heterocycles. The lowest BCUT2D eigenvalue weighted by Crippen LogP contribution is -2.48. The van der Waals surface area contributed by atoms with Gasteiger partial charge < -0.3 is 9.80 Å². The zero-order valence-corrected chi connectivity index (χ0v) is 20.6. The number of hydrogen-bond acceptors (Lipinski definition) is 4. The number of amides is 1. The van der Waals surface area contributed by atoms with Gasteiger partial charge in [-0.05, 0) is 75.4 Å². The number of benzene rings is 2. The molecule has 6 nitrogen and oxygen atoms in total. The minimum Gasteiger partial charge on any atom is -0.369 e. The molecule has 2 aromatic carbocycles. The highest BCUT2D eigenvalue weighted by Crippen LogP contribution is 2.38. The van der Waals surface area contributed by atoms with Gasteiger partial charge in [0.25, 0.3) is 0 Å². The van der Waals surface area contributed by atoms with Gasteiger partial charge >= 0.3 is 0 Å². The molecule has 5 rings (SSSR count). The maximum absolute atomic E-state index is 13.4. The molecule has 1 amide bonds. The molecule has 33 heavy (non-hydrogen) atoms. The fourth-order valence-corrected chi connectivity index (χ4v) is 6.91. The molecule has 1 saturated heterocycles. The Bertz CT molecular complexity index is 1180. The largest absolute Gasteiger partial charge is 0.369 e. The molecule has 176 valence electrons. The van der Waals surface area contributed by atoms with E-state index in [-0.39, 0.29) is 17.9 Å². The Balaban J connectivity index is 1.32. The van der Waals surface area contributed by atoms with Gasteiger partial charge in [-0.15, -0.1) is 0 Å². The molecule has 1 unspecified atom stereocenters. The fourth-order valence-electron chi connectivity index (χ4n) is 5.43. The first-order valence-corrected chi connectivity index (χ1v) is 13.5. The Hall–Kier alpha value is -2.38. The van der Waals surface area contributed by atoms with E-state index in [1.807, 2.05) is 11.0 Å². The second kappa shape index (κ2) is 8.44. The van der Waals surface area contributed by atoms with Crippen LogP contribution >= 0.6 is 0 Å². The fraction of sp³-hybridized carbons (Fsp3) is 0.500. The molecule has 3 aliphatic rings. The summed E-state index contributed by atoms with van der Waals surface area (Å²) >= 11 is 0. The number of sulfonamides is 1. The smallest absolute Gasteiger partial charge is 0.243 e. The molecule has 2 fully saturated rings. The van der Waals surface area contributed by atoms with Crippen LogP contribution in [0.25, 0.3) is 0 Å². The summed E-state index contributed by atoms with van der Waals surface area (Å²) in [7, 11) is -3.57. The first-order valence-electron chi connectivity index (χ1n) is 12.0. The summed E-state index contributed by atoms with van der Waals surface area (Å²) in [6.07, 6.45) is 3.77. The van der Waals surface area contributed by atoms with Crippen molar-refractivity contribution >= 4 is 27.3 Å². The van der Waals surface area contributed by atoms with Crippen molar-refractivity contribution in [3.8, 4) is 0 Å². The van der Waals surface area contributed by atoms with Crippen molar-refractivity contribution in [1.29, 1.82) is 0 Å². The van der Waals surface area contributed by atoms with Crippen molar-refractivity contribution in [3.63, 3.8) is 0 Å². The minimum absolute atomic E-state index is 0.0762. The SMILES string of the molecule is Cc1ccc(N2CCN(S(=O)(=O)c3ccc4c(c3)CC(C)N4C(=O)C3CCC3)CC2)c(C)c1. The third-order valence-electron chi connectivity index (χ3n) is 7.53. The van der Waals surface area contributed by atoms with E-state index in [2.05, 4.69) is 43.9 Å². The highest BCUT2D eigenvalue weighted by atomic mass is 32.2. The lowest BCUT2D eigenvalue weighted by Gasteiger charge is -2.36. The van der Waals surface area contributed by atoms with Crippen LogP contribution in [-0.4, -0.2) is 50.9 Å². The van der Waals surface area contributed by atoms with Gasteiger partial charge in [0.15, 0.2) is 0 Å². The van der Waals surface area contributed by atoms with E-state index in [9.17, 15) is 13.2 Å². The second-order valence-electron chi connectivity index (χ2n) is 9.86. The van der Waals surface area contributed by atoms with Crippen molar-refractivity contribution in [1.82, 2.24) is 4.31 Å². The average molecular weight is 468 g/mol. The Morgan fingerprint density at radius 3 is 2.27 bits per heavy atom.